The molecule has 1 saturated heterocycles. The molecule has 0 amide bonds. The molecule has 3 aromatic rings. The molecule has 1 atom stereocenters. The summed E-state index contributed by atoms with van der Waals surface area (Å²) in [6.45, 7) is 7.48. The Morgan fingerprint density at radius 1 is 1.03 bits per heavy atom. The quantitative estimate of drug-likeness (QED) is 0.506. The third-order valence-electron chi connectivity index (χ3n) is 6.89. The summed E-state index contributed by atoms with van der Waals surface area (Å²) in [6.07, 6.45) is -1.20. The monoisotopic (exact) mass is 482 g/mol. The van der Waals surface area contributed by atoms with Gasteiger partial charge in [-0.2, -0.15) is 23.0 Å². The van der Waals surface area contributed by atoms with Crippen molar-refractivity contribution in [2.24, 2.45) is 0 Å². The first-order valence-corrected chi connectivity index (χ1v) is 12.1. The first-order chi connectivity index (χ1) is 16.6. The van der Waals surface area contributed by atoms with E-state index >= 15 is 0 Å². The number of halogens is 3. The molecule has 0 spiro atoms. The van der Waals surface area contributed by atoms with Gasteiger partial charge in [-0.3, -0.25) is 4.79 Å². The molecular weight excluding hydrogens is 453 g/mol. The van der Waals surface area contributed by atoms with E-state index in [0.717, 1.165) is 65.4 Å². The van der Waals surface area contributed by atoms with Gasteiger partial charge >= 0.3 is 6.18 Å². The van der Waals surface area contributed by atoms with Gasteiger partial charge in [0.05, 0.1) is 16.9 Å². The second kappa shape index (κ2) is 8.73. The lowest BCUT2D eigenvalue weighted by Gasteiger charge is -2.27. The molecule has 1 unspecified atom stereocenters. The van der Waals surface area contributed by atoms with E-state index < -0.39 is 17.3 Å². The smallest absolute Gasteiger partial charge is 0.378 e. The van der Waals surface area contributed by atoms with Gasteiger partial charge in [0.15, 0.2) is 0 Å². The lowest BCUT2D eigenvalue weighted by molar-refractivity contribution is -0.137. The van der Waals surface area contributed by atoms with E-state index in [-0.39, 0.29) is 11.7 Å². The third-order valence-corrected chi connectivity index (χ3v) is 6.89. The summed E-state index contributed by atoms with van der Waals surface area (Å²) in [5, 5.41) is 7.86. The van der Waals surface area contributed by atoms with Crippen molar-refractivity contribution in [2.75, 3.05) is 23.3 Å². The maximum Gasteiger partial charge on any atom is 0.418 e. The van der Waals surface area contributed by atoms with E-state index in [1.54, 1.807) is 0 Å². The molecular formula is C27H29F3N4O. The average Bonchev–Trinajstić information content (AvgIpc) is 3.33. The van der Waals surface area contributed by atoms with Gasteiger partial charge in [0.2, 0.25) is 0 Å². The fourth-order valence-corrected chi connectivity index (χ4v) is 5.24. The Morgan fingerprint density at radius 2 is 1.71 bits per heavy atom. The molecule has 1 fully saturated rings. The van der Waals surface area contributed by atoms with E-state index in [1.165, 1.54) is 12.1 Å². The first kappa shape index (κ1) is 23.5. The van der Waals surface area contributed by atoms with Crippen molar-refractivity contribution in [3.8, 4) is 16.9 Å². The van der Waals surface area contributed by atoms with Gasteiger partial charge in [-0.1, -0.05) is 17.2 Å². The van der Waals surface area contributed by atoms with Crippen molar-refractivity contribution in [1.29, 1.82) is 0 Å². The fraction of sp³-hybridized carbons (Fsp3) is 0.407. The fourth-order valence-electron chi connectivity index (χ4n) is 5.24. The van der Waals surface area contributed by atoms with Crippen molar-refractivity contribution in [1.82, 2.24) is 9.78 Å². The van der Waals surface area contributed by atoms with Gasteiger partial charge in [0.1, 0.15) is 5.69 Å². The van der Waals surface area contributed by atoms with Crippen molar-refractivity contribution in [3.63, 3.8) is 0 Å². The summed E-state index contributed by atoms with van der Waals surface area (Å²) < 4.78 is 43.4. The molecule has 2 aliphatic rings. The highest BCUT2D eigenvalue weighted by Crippen LogP contribution is 2.38. The molecule has 5 nitrogen and oxygen atoms in total. The van der Waals surface area contributed by atoms with Crippen LogP contribution in [0.3, 0.4) is 0 Å². The van der Waals surface area contributed by atoms with Crippen molar-refractivity contribution in [3.05, 3.63) is 69.0 Å². The molecule has 5 rings (SSSR count). The molecule has 2 aliphatic heterocycles. The first-order valence-electron chi connectivity index (χ1n) is 12.1. The number of nitrogens with one attached hydrogen (secondary N) is 1. The second-order valence-electron chi connectivity index (χ2n) is 9.77. The Labute approximate surface area is 202 Å². The summed E-state index contributed by atoms with van der Waals surface area (Å²) in [5.74, 6) is 0. The van der Waals surface area contributed by atoms with Crippen LogP contribution in [0.25, 0.3) is 16.9 Å². The highest BCUT2D eigenvalue weighted by molar-refractivity contribution is 5.72. The minimum absolute atomic E-state index is 0.0381. The number of aromatic nitrogens is 2. The summed E-state index contributed by atoms with van der Waals surface area (Å²) in [5.41, 5.74) is 3.51. The van der Waals surface area contributed by atoms with Gasteiger partial charge in [-0.05, 0) is 76.8 Å². The van der Waals surface area contributed by atoms with Gasteiger partial charge in [-0.25, -0.2) is 0 Å². The summed E-state index contributed by atoms with van der Waals surface area (Å²) in [4.78, 5) is 15.7. The van der Waals surface area contributed by atoms with Crippen LogP contribution in [0.5, 0.6) is 0 Å². The van der Waals surface area contributed by atoms with E-state index in [9.17, 15) is 18.0 Å². The summed E-state index contributed by atoms with van der Waals surface area (Å²) in [6, 6.07) is 10.0. The maximum absolute atomic E-state index is 14.1. The average molecular weight is 483 g/mol. The number of aryl methyl sites for hydroxylation is 2. The Bertz CT molecular complexity index is 1320. The number of rotatable bonds is 3. The largest absolute Gasteiger partial charge is 0.418 e. The minimum atomic E-state index is -4.63. The van der Waals surface area contributed by atoms with Crippen LogP contribution in [0.1, 0.15) is 48.4 Å². The van der Waals surface area contributed by atoms with Gasteiger partial charge < -0.3 is 10.2 Å². The Morgan fingerprint density at radius 3 is 2.37 bits per heavy atom. The SMILES string of the molecule is Cc1cc(C)cc(-c2nn(-c3cc(N4CCCC4)ccc3C(F)(F)F)c(=O)c3c2CCC(C)N3)c1. The van der Waals surface area contributed by atoms with Crippen LogP contribution in [0.4, 0.5) is 24.5 Å². The Kier molecular flexibility index (Phi) is 5.85. The van der Waals surface area contributed by atoms with Crippen molar-refractivity contribution < 1.29 is 13.2 Å². The molecule has 0 aliphatic carbocycles. The third kappa shape index (κ3) is 4.42. The minimum Gasteiger partial charge on any atom is -0.378 e. The van der Waals surface area contributed by atoms with E-state index in [0.29, 0.717) is 23.5 Å². The second-order valence-corrected chi connectivity index (χ2v) is 9.77. The molecule has 3 heterocycles. The van der Waals surface area contributed by atoms with Gasteiger partial charge in [-0.15, -0.1) is 0 Å². The molecule has 1 aromatic heterocycles. The maximum atomic E-state index is 14.1. The zero-order chi connectivity index (χ0) is 24.9. The van der Waals surface area contributed by atoms with Crippen LogP contribution >= 0.6 is 0 Å². The molecule has 2 aromatic carbocycles. The lowest BCUT2D eigenvalue weighted by atomic mass is 9.94. The van der Waals surface area contributed by atoms with Crippen LogP contribution in [0.15, 0.2) is 41.2 Å². The number of anilines is 2. The molecule has 0 bridgehead atoms. The van der Waals surface area contributed by atoms with Gasteiger partial charge in [0.25, 0.3) is 5.56 Å². The van der Waals surface area contributed by atoms with E-state index in [1.807, 2.05) is 39.0 Å². The predicted molar refractivity (Wildman–Crippen MR) is 133 cm³/mol. The Balaban J connectivity index is 1.80. The molecule has 0 saturated carbocycles. The predicted octanol–water partition coefficient (Wildman–Crippen LogP) is 5.88. The molecule has 35 heavy (non-hydrogen) atoms. The topological polar surface area (TPSA) is 50.2 Å². The van der Waals surface area contributed by atoms with Crippen LogP contribution in [0.2, 0.25) is 0 Å². The highest BCUT2D eigenvalue weighted by atomic mass is 19.4. The van der Waals surface area contributed by atoms with Crippen LogP contribution in [-0.2, 0) is 12.6 Å². The number of fused-ring (bicyclic) bond motifs is 1. The Hall–Kier alpha value is -3.29. The number of nitrogens with zero attached hydrogens (tertiary/aromatic N) is 3. The van der Waals surface area contributed by atoms with E-state index in [2.05, 4.69) is 15.3 Å². The standard InChI is InChI=1S/C27H29F3N4O/c1-16-12-17(2)14-19(13-16)24-21-8-6-18(3)31-25(21)26(35)34(32-24)23-15-20(33-10-4-5-11-33)7-9-22(23)27(28,29)30/h7,9,12-15,18,31H,4-6,8,10-11H2,1-3H3. The molecule has 184 valence electrons. The van der Waals surface area contributed by atoms with Crippen LogP contribution in [0, 0.1) is 13.8 Å². The number of alkyl halides is 3. The summed E-state index contributed by atoms with van der Waals surface area (Å²) >= 11 is 0. The zero-order valence-corrected chi connectivity index (χ0v) is 20.2. The van der Waals surface area contributed by atoms with Crippen molar-refractivity contribution in [2.45, 2.75) is 58.7 Å². The number of hydrogen-bond donors (Lipinski definition) is 1. The van der Waals surface area contributed by atoms with Crippen LogP contribution < -0.4 is 15.8 Å². The lowest BCUT2D eigenvalue weighted by Crippen LogP contribution is -2.34. The van der Waals surface area contributed by atoms with Crippen molar-refractivity contribution >= 4 is 11.4 Å². The summed E-state index contributed by atoms with van der Waals surface area (Å²) in [7, 11) is 0. The van der Waals surface area contributed by atoms with E-state index in [4.69, 9.17) is 0 Å². The molecule has 1 N–H and O–H groups in total. The molecule has 0 radical (unpaired) electrons. The van der Waals surface area contributed by atoms with Gasteiger partial charge in [0, 0.05) is 35.9 Å². The number of hydrogen-bond acceptors (Lipinski definition) is 4. The van der Waals surface area contributed by atoms with Crippen LogP contribution in [-0.4, -0.2) is 28.9 Å². The highest BCUT2D eigenvalue weighted by Gasteiger charge is 2.36. The normalized spacial score (nSPS) is 17.9. The zero-order valence-electron chi connectivity index (χ0n) is 20.2. The molecule has 8 heteroatoms. The number of benzene rings is 2.